The lowest BCUT2D eigenvalue weighted by molar-refractivity contribution is 0.0696. The average molecular weight is 301 g/mol. The SMILES string of the molecule is Cc1cc(C(=O)O)cc(CCCc2nccn2CC(C)C)n1. The Labute approximate surface area is 131 Å². The van der Waals surface area contributed by atoms with Crippen LogP contribution in [0.15, 0.2) is 24.5 Å². The average Bonchev–Trinajstić information content (AvgIpc) is 2.84. The lowest BCUT2D eigenvalue weighted by atomic mass is 10.1. The molecule has 0 saturated heterocycles. The van der Waals surface area contributed by atoms with Gasteiger partial charge in [-0.15, -0.1) is 0 Å². The van der Waals surface area contributed by atoms with Crippen LogP contribution < -0.4 is 0 Å². The van der Waals surface area contributed by atoms with Gasteiger partial charge >= 0.3 is 5.97 Å². The van der Waals surface area contributed by atoms with E-state index in [2.05, 4.69) is 28.4 Å². The number of aromatic carboxylic acids is 1. The topological polar surface area (TPSA) is 68.0 Å². The molecule has 5 nitrogen and oxygen atoms in total. The van der Waals surface area contributed by atoms with Crippen LogP contribution in [0.3, 0.4) is 0 Å². The normalized spacial score (nSPS) is 11.1. The van der Waals surface area contributed by atoms with Crippen molar-refractivity contribution in [1.29, 1.82) is 0 Å². The lowest BCUT2D eigenvalue weighted by Gasteiger charge is -2.10. The van der Waals surface area contributed by atoms with Gasteiger partial charge in [0.2, 0.25) is 0 Å². The molecule has 0 amide bonds. The van der Waals surface area contributed by atoms with Crippen molar-refractivity contribution >= 4 is 5.97 Å². The zero-order valence-electron chi connectivity index (χ0n) is 13.4. The molecule has 2 heterocycles. The van der Waals surface area contributed by atoms with Crippen molar-refractivity contribution in [2.24, 2.45) is 5.92 Å². The summed E-state index contributed by atoms with van der Waals surface area (Å²) in [7, 11) is 0. The minimum Gasteiger partial charge on any atom is -0.478 e. The van der Waals surface area contributed by atoms with Gasteiger partial charge < -0.3 is 9.67 Å². The van der Waals surface area contributed by atoms with Crippen molar-refractivity contribution in [2.75, 3.05) is 0 Å². The summed E-state index contributed by atoms with van der Waals surface area (Å²) in [6.07, 6.45) is 6.40. The molecular formula is C17H23N3O2. The van der Waals surface area contributed by atoms with Crippen molar-refractivity contribution in [3.8, 4) is 0 Å². The van der Waals surface area contributed by atoms with Crippen molar-refractivity contribution in [3.63, 3.8) is 0 Å². The molecule has 2 aromatic rings. The van der Waals surface area contributed by atoms with Crippen LogP contribution >= 0.6 is 0 Å². The van der Waals surface area contributed by atoms with E-state index in [1.807, 2.05) is 19.3 Å². The first-order valence-corrected chi connectivity index (χ1v) is 7.66. The smallest absolute Gasteiger partial charge is 0.335 e. The molecule has 2 aromatic heterocycles. The lowest BCUT2D eigenvalue weighted by Crippen LogP contribution is -2.08. The molecule has 0 aliphatic heterocycles. The molecular weight excluding hydrogens is 278 g/mol. The first-order valence-electron chi connectivity index (χ1n) is 7.66. The van der Waals surface area contributed by atoms with Gasteiger partial charge in [-0.1, -0.05) is 13.8 Å². The summed E-state index contributed by atoms with van der Waals surface area (Å²) in [6, 6.07) is 3.26. The van der Waals surface area contributed by atoms with E-state index < -0.39 is 5.97 Å². The largest absolute Gasteiger partial charge is 0.478 e. The van der Waals surface area contributed by atoms with E-state index in [0.717, 1.165) is 43.0 Å². The number of aryl methyl sites for hydroxylation is 3. The summed E-state index contributed by atoms with van der Waals surface area (Å²) >= 11 is 0. The Bertz CT molecular complexity index is 647. The number of nitrogens with zero attached hydrogens (tertiary/aromatic N) is 3. The van der Waals surface area contributed by atoms with Gasteiger partial charge in [-0.2, -0.15) is 0 Å². The van der Waals surface area contributed by atoms with Gasteiger partial charge in [0.05, 0.1) is 5.56 Å². The summed E-state index contributed by atoms with van der Waals surface area (Å²) in [5.74, 6) is 0.767. The van der Waals surface area contributed by atoms with Gasteiger partial charge in [0.1, 0.15) is 5.82 Å². The van der Waals surface area contributed by atoms with Gasteiger partial charge in [-0.3, -0.25) is 4.98 Å². The second-order valence-corrected chi connectivity index (χ2v) is 6.04. The van der Waals surface area contributed by atoms with Gasteiger partial charge in [0.25, 0.3) is 0 Å². The predicted molar refractivity (Wildman–Crippen MR) is 85.0 cm³/mol. The maximum Gasteiger partial charge on any atom is 0.335 e. The predicted octanol–water partition coefficient (Wildman–Crippen LogP) is 3.12. The fraction of sp³-hybridized carbons (Fsp3) is 0.471. The maximum atomic E-state index is 11.1. The quantitative estimate of drug-likeness (QED) is 0.853. The summed E-state index contributed by atoms with van der Waals surface area (Å²) in [6.45, 7) is 7.17. The Morgan fingerprint density at radius 1 is 1.32 bits per heavy atom. The van der Waals surface area contributed by atoms with Gasteiger partial charge in [-0.25, -0.2) is 9.78 Å². The molecule has 0 fully saturated rings. The van der Waals surface area contributed by atoms with Crippen molar-refractivity contribution in [2.45, 2.75) is 46.6 Å². The summed E-state index contributed by atoms with van der Waals surface area (Å²) < 4.78 is 2.19. The van der Waals surface area contributed by atoms with Crippen LogP contribution in [-0.2, 0) is 19.4 Å². The van der Waals surface area contributed by atoms with Crippen LogP contribution in [-0.4, -0.2) is 25.6 Å². The highest BCUT2D eigenvalue weighted by atomic mass is 16.4. The van der Waals surface area contributed by atoms with Crippen LogP contribution in [0.5, 0.6) is 0 Å². The second-order valence-electron chi connectivity index (χ2n) is 6.04. The molecule has 0 unspecified atom stereocenters. The van der Waals surface area contributed by atoms with E-state index in [-0.39, 0.29) is 0 Å². The standard InChI is InChI=1S/C17H23N3O2/c1-12(2)11-20-8-7-18-16(20)6-4-5-15-10-14(17(21)22)9-13(3)19-15/h7-10,12H,4-6,11H2,1-3H3,(H,21,22). The number of carboxylic acids is 1. The monoisotopic (exact) mass is 301 g/mol. The number of hydrogen-bond donors (Lipinski definition) is 1. The van der Waals surface area contributed by atoms with Gasteiger partial charge in [0, 0.05) is 36.7 Å². The third kappa shape index (κ3) is 4.41. The van der Waals surface area contributed by atoms with E-state index in [4.69, 9.17) is 5.11 Å². The van der Waals surface area contributed by atoms with Crippen LogP contribution in [0.2, 0.25) is 0 Å². The van der Waals surface area contributed by atoms with Crippen LogP contribution in [0.25, 0.3) is 0 Å². The van der Waals surface area contributed by atoms with Crippen LogP contribution in [0.1, 0.15) is 47.8 Å². The molecule has 0 atom stereocenters. The molecule has 0 spiro atoms. The molecule has 0 aromatic carbocycles. The van der Waals surface area contributed by atoms with Crippen LogP contribution in [0.4, 0.5) is 0 Å². The van der Waals surface area contributed by atoms with E-state index in [9.17, 15) is 4.79 Å². The Kier molecular flexibility index (Phi) is 5.31. The number of rotatable bonds is 7. The summed E-state index contributed by atoms with van der Waals surface area (Å²) in [5.41, 5.74) is 1.89. The number of imidazole rings is 1. The van der Waals surface area contributed by atoms with Crippen molar-refractivity contribution in [3.05, 3.63) is 47.3 Å². The second kappa shape index (κ2) is 7.20. The third-order valence-corrected chi connectivity index (χ3v) is 3.45. The van der Waals surface area contributed by atoms with Crippen LogP contribution in [0, 0.1) is 12.8 Å². The number of hydrogen-bond acceptors (Lipinski definition) is 3. The number of aromatic nitrogens is 3. The fourth-order valence-electron chi connectivity index (χ4n) is 2.54. The molecule has 2 rings (SSSR count). The zero-order chi connectivity index (χ0) is 16.1. The first-order chi connectivity index (χ1) is 10.5. The van der Waals surface area contributed by atoms with E-state index >= 15 is 0 Å². The van der Waals surface area contributed by atoms with E-state index in [0.29, 0.717) is 11.5 Å². The Morgan fingerprint density at radius 2 is 2.09 bits per heavy atom. The van der Waals surface area contributed by atoms with Gasteiger partial charge in [0.15, 0.2) is 0 Å². The van der Waals surface area contributed by atoms with Gasteiger partial charge in [-0.05, 0) is 37.8 Å². The molecule has 0 aliphatic rings. The number of carbonyl (C=O) groups is 1. The molecule has 0 aliphatic carbocycles. The van der Waals surface area contributed by atoms with E-state index in [1.165, 1.54) is 0 Å². The highest BCUT2D eigenvalue weighted by Gasteiger charge is 2.08. The Balaban J connectivity index is 1.97. The first kappa shape index (κ1) is 16.2. The highest BCUT2D eigenvalue weighted by Crippen LogP contribution is 2.11. The highest BCUT2D eigenvalue weighted by molar-refractivity contribution is 5.87. The van der Waals surface area contributed by atoms with Crippen molar-refractivity contribution < 1.29 is 9.90 Å². The molecule has 118 valence electrons. The molecule has 1 N–H and O–H groups in total. The minimum atomic E-state index is -0.903. The molecule has 0 radical (unpaired) electrons. The zero-order valence-corrected chi connectivity index (χ0v) is 13.4. The number of carboxylic acid groups (broad SMARTS) is 1. The third-order valence-electron chi connectivity index (χ3n) is 3.45. The fourth-order valence-corrected chi connectivity index (χ4v) is 2.54. The number of pyridine rings is 1. The molecule has 22 heavy (non-hydrogen) atoms. The molecule has 0 bridgehead atoms. The Morgan fingerprint density at radius 3 is 2.77 bits per heavy atom. The maximum absolute atomic E-state index is 11.1. The van der Waals surface area contributed by atoms with E-state index in [1.54, 1.807) is 12.1 Å². The molecule has 0 saturated carbocycles. The summed E-state index contributed by atoms with van der Waals surface area (Å²) in [4.78, 5) is 19.9. The molecule has 5 heteroatoms. The Hall–Kier alpha value is -2.17. The summed E-state index contributed by atoms with van der Waals surface area (Å²) in [5, 5.41) is 9.09. The van der Waals surface area contributed by atoms with Crippen molar-refractivity contribution in [1.82, 2.24) is 14.5 Å². The minimum absolute atomic E-state index is 0.309.